The van der Waals surface area contributed by atoms with Gasteiger partial charge in [0.25, 0.3) is 0 Å². The molecule has 128 valence electrons. The SMILES string of the molecule is COc1c(Cl)cc(/C=N\Nc2nc(-c3ccc(C)cc3)cs2)cc1Cl. The highest BCUT2D eigenvalue weighted by Crippen LogP contribution is 2.33. The first-order valence-electron chi connectivity index (χ1n) is 7.41. The third kappa shape index (κ3) is 4.31. The van der Waals surface area contributed by atoms with Gasteiger partial charge in [-0.05, 0) is 24.6 Å². The van der Waals surface area contributed by atoms with Gasteiger partial charge >= 0.3 is 0 Å². The lowest BCUT2D eigenvalue weighted by atomic mass is 10.1. The van der Waals surface area contributed by atoms with E-state index in [4.69, 9.17) is 27.9 Å². The number of rotatable bonds is 5. The van der Waals surface area contributed by atoms with Crippen LogP contribution in [0.25, 0.3) is 11.3 Å². The molecule has 0 aliphatic carbocycles. The average Bonchev–Trinajstić information content (AvgIpc) is 3.04. The van der Waals surface area contributed by atoms with Crippen molar-refractivity contribution in [1.29, 1.82) is 0 Å². The molecule has 3 aromatic rings. The van der Waals surface area contributed by atoms with E-state index in [1.54, 1.807) is 18.3 Å². The molecule has 4 nitrogen and oxygen atoms in total. The van der Waals surface area contributed by atoms with E-state index >= 15 is 0 Å². The molecule has 3 rings (SSSR count). The van der Waals surface area contributed by atoms with Gasteiger partial charge in [0.15, 0.2) is 5.75 Å². The summed E-state index contributed by atoms with van der Waals surface area (Å²) in [6.45, 7) is 2.06. The van der Waals surface area contributed by atoms with Gasteiger partial charge in [-0.25, -0.2) is 4.98 Å². The molecule has 0 radical (unpaired) electrons. The first kappa shape index (κ1) is 17.7. The standard InChI is InChI=1S/C18H15Cl2N3OS/c1-11-3-5-13(6-4-11)16-10-25-18(22-16)23-21-9-12-7-14(19)17(24-2)15(20)8-12/h3-10H,1-2H3,(H,22,23)/b21-9-. The van der Waals surface area contributed by atoms with E-state index < -0.39 is 0 Å². The molecular weight excluding hydrogens is 377 g/mol. The summed E-state index contributed by atoms with van der Waals surface area (Å²) in [5.41, 5.74) is 6.90. The Morgan fingerprint density at radius 2 is 1.84 bits per heavy atom. The Morgan fingerprint density at radius 3 is 2.48 bits per heavy atom. The van der Waals surface area contributed by atoms with Gasteiger partial charge in [-0.3, -0.25) is 5.43 Å². The molecule has 1 N–H and O–H groups in total. The Balaban J connectivity index is 1.70. The molecule has 0 spiro atoms. The minimum absolute atomic E-state index is 0.437. The van der Waals surface area contributed by atoms with Crippen LogP contribution in [0.4, 0.5) is 5.13 Å². The molecular formula is C18H15Cl2N3OS. The van der Waals surface area contributed by atoms with Gasteiger partial charge in [0.05, 0.1) is 29.1 Å². The number of hydrogen-bond donors (Lipinski definition) is 1. The maximum absolute atomic E-state index is 6.11. The molecule has 0 saturated carbocycles. The first-order valence-corrected chi connectivity index (χ1v) is 9.05. The maximum atomic E-state index is 6.11. The van der Waals surface area contributed by atoms with E-state index in [0.29, 0.717) is 20.9 Å². The smallest absolute Gasteiger partial charge is 0.203 e. The summed E-state index contributed by atoms with van der Waals surface area (Å²) in [7, 11) is 1.52. The number of hydrogen-bond acceptors (Lipinski definition) is 5. The fourth-order valence-corrected chi connectivity index (χ4v) is 3.52. The highest BCUT2D eigenvalue weighted by atomic mass is 35.5. The highest BCUT2D eigenvalue weighted by Gasteiger charge is 2.07. The van der Waals surface area contributed by atoms with Gasteiger partial charge in [0, 0.05) is 10.9 Å². The minimum Gasteiger partial charge on any atom is -0.494 e. The van der Waals surface area contributed by atoms with E-state index in [1.807, 2.05) is 5.38 Å². The zero-order valence-corrected chi connectivity index (χ0v) is 15.9. The van der Waals surface area contributed by atoms with Crippen LogP contribution in [0, 0.1) is 6.92 Å². The van der Waals surface area contributed by atoms with E-state index in [1.165, 1.54) is 24.0 Å². The number of benzene rings is 2. The van der Waals surface area contributed by atoms with Crippen LogP contribution in [0.1, 0.15) is 11.1 Å². The number of halogens is 2. The minimum atomic E-state index is 0.437. The van der Waals surface area contributed by atoms with Crippen molar-refractivity contribution in [2.24, 2.45) is 5.10 Å². The Morgan fingerprint density at radius 1 is 1.16 bits per heavy atom. The zero-order chi connectivity index (χ0) is 17.8. The molecule has 0 aliphatic heterocycles. The number of methoxy groups -OCH3 is 1. The summed E-state index contributed by atoms with van der Waals surface area (Å²) >= 11 is 13.7. The molecule has 7 heteroatoms. The second kappa shape index (κ2) is 7.87. The van der Waals surface area contributed by atoms with Crippen LogP contribution >= 0.6 is 34.5 Å². The number of anilines is 1. The van der Waals surface area contributed by atoms with Gasteiger partial charge in [-0.1, -0.05) is 53.0 Å². The van der Waals surface area contributed by atoms with Crippen LogP contribution in [0.2, 0.25) is 10.0 Å². The molecule has 0 amide bonds. The lowest BCUT2D eigenvalue weighted by Crippen LogP contribution is -1.92. The van der Waals surface area contributed by atoms with Crippen molar-refractivity contribution in [1.82, 2.24) is 4.98 Å². The van der Waals surface area contributed by atoms with Gasteiger partial charge in [-0.2, -0.15) is 5.10 Å². The molecule has 1 heterocycles. The Hall–Kier alpha value is -2.08. The number of aromatic nitrogens is 1. The van der Waals surface area contributed by atoms with Crippen molar-refractivity contribution in [3.63, 3.8) is 0 Å². The summed E-state index contributed by atoms with van der Waals surface area (Å²) in [5, 5.41) is 7.76. The zero-order valence-electron chi connectivity index (χ0n) is 13.6. The quantitative estimate of drug-likeness (QED) is 0.436. The lowest BCUT2D eigenvalue weighted by molar-refractivity contribution is 0.415. The molecule has 0 unspecified atom stereocenters. The number of ether oxygens (including phenoxy) is 1. The third-order valence-electron chi connectivity index (χ3n) is 3.45. The van der Waals surface area contributed by atoms with E-state index in [0.717, 1.165) is 16.8 Å². The van der Waals surface area contributed by atoms with Crippen molar-refractivity contribution in [2.75, 3.05) is 12.5 Å². The first-order chi connectivity index (χ1) is 12.1. The van der Waals surface area contributed by atoms with Crippen molar-refractivity contribution in [3.8, 4) is 17.0 Å². The Bertz CT molecular complexity index is 884. The Kier molecular flexibility index (Phi) is 5.58. The number of aryl methyl sites for hydroxylation is 1. The predicted octanol–water partition coefficient (Wildman–Crippen LogP) is 5.88. The van der Waals surface area contributed by atoms with Crippen molar-refractivity contribution in [2.45, 2.75) is 6.92 Å². The molecule has 0 bridgehead atoms. The molecule has 1 aromatic heterocycles. The number of thiazole rings is 1. The molecule has 2 aromatic carbocycles. The average molecular weight is 392 g/mol. The molecule has 0 atom stereocenters. The fourth-order valence-electron chi connectivity index (χ4n) is 2.19. The second-order valence-corrected chi connectivity index (χ2v) is 6.96. The largest absolute Gasteiger partial charge is 0.494 e. The van der Waals surface area contributed by atoms with Gasteiger partial charge in [-0.15, -0.1) is 11.3 Å². The van der Waals surface area contributed by atoms with Crippen molar-refractivity contribution in [3.05, 3.63) is 63.0 Å². The maximum Gasteiger partial charge on any atom is 0.203 e. The molecule has 0 saturated heterocycles. The fraction of sp³-hybridized carbons (Fsp3) is 0.111. The van der Waals surface area contributed by atoms with E-state index in [9.17, 15) is 0 Å². The van der Waals surface area contributed by atoms with Crippen LogP contribution in [0.3, 0.4) is 0 Å². The second-order valence-electron chi connectivity index (χ2n) is 5.29. The van der Waals surface area contributed by atoms with Gasteiger partial charge in [0.2, 0.25) is 5.13 Å². The predicted molar refractivity (Wildman–Crippen MR) is 107 cm³/mol. The van der Waals surface area contributed by atoms with Gasteiger partial charge < -0.3 is 4.74 Å². The summed E-state index contributed by atoms with van der Waals surface area (Å²) in [5.74, 6) is 0.455. The summed E-state index contributed by atoms with van der Waals surface area (Å²) in [6.07, 6.45) is 1.63. The van der Waals surface area contributed by atoms with E-state index in [-0.39, 0.29) is 0 Å². The van der Waals surface area contributed by atoms with E-state index in [2.05, 4.69) is 46.7 Å². The molecule has 0 fully saturated rings. The summed E-state index contributed by atoms with van der Waals surface area (Å²) < 4.78 is 5.12. The van der Waals surface area contributed by atoms with Crippen molar-refractivity contribution < 1.29 is 4.74 Å². The third-order valence-corrected chi connectivity index (χ3v) is 4.76. The molecule has 25 heavy (non-hydrogen) atoms. The monoisotopic (exact) mass is 391 g/mol. The number of nitrogens with zero attached hydrogens (tertiary/aromatic N) is 2. The summed E-state index contributed by atoms with van der Waals surface area (Å²) in [4.78, 5) is 4.53. The summed E-state index contributed by atoms with van der Waals surface area (Å²) in [6, 6.07) is 11.7. The van der Waals surface area contributed by atoms with Gasteiger partial charge in [0.1, 0.15) is 0 Å². The van der Waals surface area contributed by atoms with Crippen LogP contribution in [-0.4, -0.2) is 18.3 Å². The van der Waals surface area contributed by atoms with Crippen molar-refractivity contribution >= 4 is 45.9 Å². The van der Waals surface area contributed by atoms with Crippen LogP contribution in [0.15, 0.2) is 46.9 Å². The lowest BCUT2D eigenvalue weighted by Gasteiger charge is -2.06. The topological polar surface area (TPSA) is 46.5 Å². The number of hydrazone groups is 1. The molecule has 0 aliphatic rings. The van der Waals surface area contributed by atoms with Crippen LogP contribution < -0.4 is 10.2 Å². The van der Waals surface area contributed by atoms with Crippen LogP contribution in [0.5, 0.6) is 5.75 Å². The Labute approximate surface area is 160 Å². The number of nitrogens with one attached hydrogen (secondary N) is 1. The highest BCUT2D eigenvalue weighted by molar-refractivity contribution is 7.14. The normalized spacial score (nSPS) is 11.0. The van der Waals surface area contributed by atoms with Crippen LogP contribution in [-0.2, 0) is 0 Å².